The molecule has 18 heavy (non-hydrogen) atoms. The van der Waals surface area contributed by atoms with Crippen molar-refractivity contribution in [1.29, 1.82) is 0 Å². The maximum absolute atomic E-state index is 5.80. The van der Waals surface area contributed by atoms with Gasteiger partial charge in [0.1, 0.15) is 0 Å². The zero-order valence-corrected chi connectivity index (χ0v) is 13.0. The molecule has 2 unspecified atom stereocenters. The van der Waals surface area contributed by atoms with Gasteiger partial charge in [0.05, 0.1) is 0 Å². The normalized spacial score (nSPS) is 23.2. The molecule has 2 nitrogen and oxygen atoms in total. The zero-order chi connectivity index (χ0) is 13.6. The summed E-state index contributed by atoms with van der Waals surface area (Å²) >= 11 is 0. The molecular formula is C16H34N2. The van der Waals surface area contributed by atoms with E-state index in [1.165, 1.54) is 58.2 Å². The van der Waals surface area contributed by atoms with Crippen LogP contribution in [0, 0.1) is 11.3 Å². The first kappa shape index (κ1) is 16.0. The smallest absolute Gasteiger partial charge is 0.00384 e. The largest absolute Gasteiger partial charge is 0.328 e. The minimum atomic E-state index is 0.372. The molecule has 1 aliphatic heterocycles. The predicted octanol–water partition coefficient (Wildman–Crippen LogP) is 3.65. The van der Waals surface area contributed by atoms with Crippen LogP contribution in [0.5, 0.6) is 0 Å². The van der Waals surface area contributed by atoms with Crippen LogP contribution in [0.1, 0.15) is 66.2 Å². The fraction of sp³-hybridized carbons (Fsp3) is 1.00. The Kier molecular flexibility index (Phi) is 6.65. The fourth-order valence-corrected chi connectivity index (χ4v) is 3.33. The van der Waals surface area contributed by atoms with Crippen LogP contribution in [-0.4, -0.2) is 30.6 Å². The molecule has 1 fully saturated rings. The number of rotatable bonds is 8. The van der Waals surface area contributed by atoms with Crippen LogP contribution in [0.15, 0.2) is 0 Å². The van der Waals surface area contributed by atoms with Crippen molar-refractivity contribution in [2.45, 2.75) is 72.3 Å². The molecule has 0 radical (unpaired) electrons. The Bertz CT molecular complexity index is 221. The average Bonchev–Trinajstić information content (AvgIpc) is 2.72. The highest BCUT2D eigenvalue weighted by molar-refractivity contribution is 4.88. The van der Waals surface area contributed by atoms with Crippen molar-refractivity contribution in [2.24, 2.45) is 17.1 Å². The molecule has 0 aromatic rings. The molecule has 2 atom stereocenters. The highest BCUT2D eigenvalue weighted by Gasteiger charge is 2.34. The molecule has 2 N–H and O–H groups in total. The third kappa shape index (κ3) is 4.89. The molecular weight excluding hydrogens is 220 g/mol. The first-order chi connectivity index (χ1) is 8.51. The lowest BCUT2D eigenvalue weighted by atomic mass is 9.82. The number of nitrogens with two attached hydrogens (primary N) is 1. The van der Waals surface area contributed by atoms with Crippen molar-refractivity contribution in [1.82, 2.24) is 4.90 Å². The molecule has 1 saturated heterocycles. The van der Waals surface area contributed by atoms with E-state index in [2.05, 4.69) is 32.6 Å². The van der Waals surface area contributed by atoms with Gasteiger partial charge in [-0.05, 0) is 56.9 Å². The lowest BCUT2D eigenvalue weighted by molar-refractivity contribution is 0.217. The maximum Gasteiger partial charge on any atom is 0.00384 e. The molecule has 2 heteroatoms. The van der Waals surface area contributed by atoms with E-state index in [0.29, 0.717) is 11.5 Å². The Morgan fingerprint density at radius 3 is 2.33 bits per heavy atom. The molecule has 1 aliphatic rings. The highest BCUT2D eigenvalue weighted by atomic mass is 15.2. The third-order valence-corrected chi connectivity index (χ3v) is 4.94. The summed E-state index contributed by atoms with van der Waals surface area (Å²) in [5, 5.41) is 0. The van der Waals surface area contributed by atoms with Gasteiger partial charge in [-0.15, -0.1) is 0 Å². The van der Waals surface area contributed by atoms with Gasteiger partial charge < -0.3 is 10.6 Å². The Balaban J connectivity index is 2.23. The predicted molar refractivity (Wildman–Crippen MR) is 80.7 cm³/mol. The summed E-state index contributed by atoms with van der Waals surface area (Å²) in [5.74, 6) is 0.827. The van der Waals surface area contributed by atoms with Crippen LogP contribution < -0.4 is 5.73 Å². The van der Waals surface area contributed by atoms with E-state index in [0.717, 1.165) is 5.92 Å². The SMILES string of the molecule is CCC1(CC)CCN(CC(C)CCCC(C)N)C1. The molecule has 0 aliphatic carbocycles. The van der Waals surface area contributed by atoms with E-state index >= 15 is 0 Å². The van der Waals surface area contributed by atoms with E-state index in [1.54, 1.807) is 0 Å². The first-order valence-corrected chi connectivity index (χ1v) is 7.99. The second kappa shape index (κ2) is 7.49. The average molecular weight is 254 g/mol. The molecule has 0 bridgehead atoms. The van der Waals surface area contributed by atoms with Gasteiger partial charge in [-0.3, -0.25) is 0 Å². The molecule has 108 valence electrons. The molecule has 0 aromatic carbocycles. The van der Waals surface area contributed by atoms with Crippen molar-refractivity contribution in [3.63, 3.8) is 0 Å². The standard InChI is InChI=1S/C16H34N2/c1-5-16(6-2)10-11-18(13-16)12-14(3)8-7-9-15(4)17/h14-15H,5-13,17H2,1-4H3. The lowest BCUT2D eigenvalue weighted by Crippen LogP contribution is -2.30. The summed E-state index contributed by atoms with van der Waals surface area (Å²) in [4.78, 5) is 2.70. The molecule has 1 rings (SSSR count). The Morgan fingerprint density at radius 1 is 1.17 bits per heavy atom. The van der Waals surface area contributed by atoms with Crippen molar-refractivity contribution in [3.8, 4) is 0 Å². The Morgan fingerprint density at radius 2 is 1.83 bits per heavy atom. The summed E-state index contributed by atoms with van der Waals surface area (Å²) in [6.45, 7) is 13.2. The summed E-state index contributed by atoms with van der Waals surface area (Å²) in [6, 6.07) is 0.372. The minimum Gasteiger partial charge on any atom is -0.328 e. The second-order valence-corrected chi connectivity index (χ2v) is 6.71. The summed E-state index contributed by atoms with van der Waals surface area (Å²) in [6.07, 6.45) is 7.91. The number of likely N-dealkylation sites (tertiary alicyclic amines) is 1. The zero-order valence-electron chi connectivity index (χ0n) is 13.0. The molecule has 0 saturated carbocycles. The number of hydrogen-bond donors (Lipinski definition) is 1. The summed E-state index contributed by atoms with van der Waals surface area (Å²) in [5.41, 5.74) is 6.43. The van der Waals surface area contributed by atoms with Gasteiger partial charge in [-0.25, -0.2) is 0 Å². The summed E-state index contributed by atoms with van der Waals surface area (Å²) in [7, 11) is 0. The first-order valence-electron chi connectivity index (χ1n) is 7.99. The van der Waals surface area contributed by atoms with Gasteiger partial charge in [-0.1, -0.05) is 27.2 Å². The number of nitrogens with zero attached hydrogens (tertiary/aromatic N) is 1. The van der Waals surface area contributed by atoms with Crippen molar-refractivity contribution >= 4 is 0 Å². The van der Waals surface area contributed by atoms with Gasteiger partial charge in [0, 0.05) is 19.1 Å². The fourth-order valence-electron chi connectivity index (χ4n) is 3.33. The van der Waals surface area contributed by atoms with E-state index in [1.807, 2.05) is 0 Å². The van der Waals surface area contributed by atoms with Gasteiger partial charge in [-0.2, -0.15) is 0 Å². The van der Waals surface area contributed by atoms with Crippen LogP contribution in [0.4, 0.5) is 0 Å². The molecule has 1 heterocycles. The van der Waals surface area contributed by atoms with Crippen LogP contribution in [0.3, 0.4) is 0 Å². The van der Waals surface area contributed by atoms with Gasteiger partial charge in [0.2, 0.25) is 0 Å². The Labute approximate surface area is 114 Å². The topological polar surface area (TPSA) is 29.3 Å². The van der Waals surface area contributed by atoms with E-state index in [4.69, 9.17) is 5.73 Å². The quantitative estimate of drug-likeness (QED) is 0.716. The third-order valence-electron chi connectivity index (χ3n) is 4.94. The van der Waals surface area contributed by atoms with Crippen LogP contribution in [0.2, 0.25) is 0 Å². The van der Waals surface area contributed by atoms with Crippen LogP contribution in [0.25, 0.3) is 0 Å². The van der Waals surface area contributed by atoms with Gasteiger partial charge in [0.25, 0.3) is 0 Å². The Hall–Kier alpha value is -0.0800. The van der Waals surface area contributed by atoms with Crippen molar-refractivity contribution in [3.05, 3.63) is 0 Å². The minimum absolute atomic E-state index is 0.372. The maximum atomic E-state index is 5.80. The van der Waals surface area contributed by atoms with Gasteiger partial charge >= 0.3 is 0 Å². The van der Waals surface area contributed by atoms with Crippen LogP contribution in [-0.2, 0) is 0 Å². The lowest BCUT2D eigenvalue weighted by Gasteiger charge is -2.27. The second-order valence-electron chi connectivity index (χ2n) is 6.71. The van der Waals surface area contributed by atoms with Crippen molar-refractivity contribution in [2.75, 3.05) is 19.6 Å². The van der Waals surface area contributed by atoms with E-state index < -0.39 is 0 Å². The highest BCUT2D eigenvalue weighted by Crippen LogP contribution is 2.37. The monoisotopic (exact) mass is 254 g/mol. The van der Waals surface area contributed by atoms with E-state index in [-0.39, 0.29) is 0 Å². The van der Waals surface area contributed by atoms with Gasteiger partial charge in [0.15, 0.2) is 0 Å². The van der Waals surface area contributed by atoms with Crippen molar-refractivity contribution < 1.29 is 0 Å². The number of hydrogen-bond acceptors (Lipinski definition) is 2. The molecule has 0 amide bonds. The van der Waals surface area contributed by atoms with Crippen LogP contribution >= 0.6 is 0 Å². The molecule has 0 spiro atoms. The summed E-state index contributed by atoms with van der Waals surface area (Å²) < 4.78 is 0. The molecule has 0 aromatic heterocycles. The van der Waals surface area contributed by atoms with E-state index in [9.17, 15) is 0 Å².